The molecule has 2 N–H and O–H groups in total. The maximum atomic E-state index is 13.5. The van der Waals surface area contributed by atoms with Gasteiger partial charge in [-0.3, -0.25) is 14.5 Å². The molecule has 1 saturated heterocycles. The first-order valence-electron chi connectivity index (χ1n) is 12.3. The van der Waals surface area contributed by atoms with Crippen molar-refractivity contribution >= 4 is 23.6 Å². The topological polar surface area (TPSA) is 101 Å². The van der Waals surface area contributed by atoms with Crippen molar-refractivity contribution in [2.24, 2.45) is 0 Å². The van der Waals surface area contributed by atoms with Crippen LogP contribution in [0.1, 0.15) is 38.9 Å². The maximum Gasteiger partial charge on any atom is 0.411 e. The number of hydrogen-bond donors (Lipinski definition) is 2. The van der Waals surface area contributed by atoms with E-state index in [1.807, 2.05) is 61.5 Å². The number of nitrogens with zero attached hydrogens (tertiary/aromatic N) is 1. The van der Waals surface area contributed by atoms with Gasteiger partial charge >= 0.3 is 6.09 Å². The lowest BCUT2D eigenvalue weighted by molar-refractivity contribution is -0.126. The van der Waals surface area contributed by atoms with Crippen LogP contribution in [0.15, 0.2) is 102 Å². The molecular formula is C30H27N3O5. The Morgan fingerprint density at radius 2 is 1.61 bits per heavy atom. The van der Waals surface area contributed by atoms with Crippen molar-refractivity contribution in [2.45, 2.75) is 32.2 Å². The molecule has 38 heavy (non-hydrogen) atoms. The zero-order valence-electron chi connectivity index (χ0n) is 20.8. The van der Waals surface area contributed by atoms with Gasteiger partial charge in [0.25, 0.3) is 5.91 Å². The fourth-order valence-electron chi connectivity index (χ4n) is 4.35. The second-order valence-electron chi connectivity index (χ2n) is 9.12. The average molecular weight is 510 g/mol. The standard InChI is InChI=1S/C30H27N3O5/c1-20-9-11-22(12-10-20)19-33-26(29(35)31-18-21-6-3-2-4-7-21)27(38-30(33)36)23-13-15-24(16-14-23)32-28(34)25-8-5-17-37-25/h2-17,26-27H,18-19H2,1H3,(H,31,35)(H,32,34). The fourth-order valence-corrected chi connectivity index (χ4v) is 4.35. The molecule has 4 aromatic rings. The van der Waals surface area contributed by atoms with E-state index in [4.69, 9.17) is 9.15 Å². The Morgan fingerprint density at radius 1 is 0.868 bits per heavy atom. The van der Waals surface area contributed by atoms with E-state index in [1.54, 1.807) is 36.4 Å². The monoisotopic (exact) mass is 509 g/mol. The van der Waals surface area contributed by atoms with Crippen molar-refractivity contribution in [2.75, 3.05) is 5.32 Å². The maximum absolute atomic E-state index is 13.5. The molecule has 0 bridgehead atoms. The minimum Gasteiger partial charge on any atom is -0.459 e. The van der Waals surface area contributed by atoms with E-state index < -0.39 is 18.2 Å². The predicted octanol–water partition coefficient (Wildman–Crippen LogP) is 5.22. The van der Waals surface area contributed by atoms with E-state index in [9.17, 15) is 14.4 Å². The van der Waals surface area contributed by atoms with Crippen LogP contribution >= 0.6 is 0 Å². The molecule has 0 radical (unpaired) electrons. The van der Waals surface area contributed by atoms with Crippen LogP contribution in [0.2, 0.25) is 0 Å². The highest BCUT2D eigenvalue weighted by Crippen LogP contribution is 2.34. The van der Waals surface area contributed by atoms with E-state index in [2.05, 4.69) is 10.6 Å². The summed E-state index contributed by atoms with van der Waals surface area (Å²) in [5.74, 6) is -0.495. The van der Waals surface area contributed by atoms with Crippen molar-refractivity contribution < 1.29 is 23.5 Å². The van der Waals surface area contributed by atoms with Gasteiger partial charge in [-0.05, 0) is 47.9 Å². The summed E-state index contributed by atoms with van der Waals surface area (Å²) in [6.45, 7) is 2.55. The van der Waals surface area contributed by atoms with Crippen LogP contribution in [-0.2, 0) is 22.6 Å². The fraction of sp³-hybridized carbons (Fsp3) is 0.167. The van der Waals surface area contributed by atoms with Gasteiger partial charge in [0, 0.05) is 12.2 Å². The smallest absolute Gasteiger partial charge is 0.411 e. The molecule has 3 aromatic carbocycles. The second-order valence-corrected chi connectivity index (χ2v) is 9.12. The second kappa shape index (κ2) is 11.0. The van der Waals surface area contributed by atoms with Crippen LogP contribution in [0.3, 0.4) is 0 Å². The molecule has 1 aliphatic rings. The van der Waals surface area contributed by atoms with Gasteiger partial charge in [0.1, 0.15) is 0 Å². The summed E-state index contributed by atoms with van der Waals surface area (Å²) in [6.07, 6.45) is 0.0434. The predicted molar refractivity (Wildman–Crippen MR) is 141 cm³/mol. The zero-order chi connectivity index (χ0) is 26.5. The number of anilines is 1. The Balaban J connectivity index is 1.37. The molecule has 192 valence electrons. The molecule has 0 spiro atoms. The van der Waals surface area contributed by atoms with Crippen LogP contribution in [0.25, 0.3) is 0 Å². The lowest BCUT2D eigenvalue weighted by Gasteiger charge is -2.24. The van der Waals surface area contributed by atoms with Crippen molar-refractivity contribution in [3.05, 3.63) is 125 Å². The molecule has 1 aliphatic heterocycles. The number of carbonyl (C=O) groups is 3. The van der Waals surface area contributed by atoms with Crippen LogP contribution in [0, 0.1) is 6.92 Å². The average Bonchev–Trinajstić information content (AvgIpc) is 3.59. The van der Waals surface area contributed by atoms with E-state index in [0.29, 0.717) is 17.8 Å². The van der Waals surface area contributed by atoms with E-state index in [-0.39, 0.29) is 24.1 Å². The third-order valence-corrected chi connectivity index (χ3v) is 6.38. The molecular weight excluding hydrogens is 482 g/mol. The van der Waals surface area contributed by atoms with Gasteiger partial charge in [0.05, 0.1) is 12.8 Å². The molecule has 3 amide bonds. The highest BCUT2D eigenvalue weighted by Gasteiger charge is 2.46. The molecule has 2 unspecified atom stereocenters. The molecule has 0 saturated carbocycles. The Morgan fingerprint density at radius 3 is 2.29 bits per heavy atom. The van der Waals surface area contributed by atoms with Gasteiger partial charge in [0.15, 0.2) is 17.9 Å². The third-order valence-electron chi connectivity index (χ3n) is 6.38. The van der Waals surface area contributed by atoms with Gasteiger partial charge in [0.2, 0.25) is 5.91 Å². The highest BCUT2D eigenvalue weighted by molar-refractivity contribution is 6.02. The summed E-state index contributed by atoms with van der Waals surface area (Å²) in [5.41, 5.74) is 4.13. The summed E-state index contributed by atoms with van der Waals surface area (Å²) in [5, 5.41) is 5.72. The molecule has 8 nitrogen and oxygen atoms in total. The van der Waals surface area contributed by atoms with Crippen LogP contribution in [0.5, 0.6) is 0 Å². The molecule has 1 fully saturated rings. The SMILES string of the molecule is Cc1ccc(CN2C(=O)OC(c3ccc(NC(=O)c4ccco4)cc3)C2C(=O)NCc2ccccc2)cc1. The number of rotatable bonds is 8. The lowest BCUT2D eigenvalue weighted by Crippen LogP contribution is -2.46. The van der Waals surface area contributed by atoms with Crippen molar-refractivity contribution in [3.63, 3.8) is 0 Å². The number of hydrogen-bond acceptors (Lipinski definition) is 5. The highest BCUT2D eigenvalue weighted by atomic mass is 16.6. The molecule has 1 aromatic heterocycles. The summed E-state index contributed by atoms with van der Waals surface area (Å²) < 4.78 is 10.9. The van der Waals surface area contributed by atoms with Gasteiger partial charge < -0.3 is 19.8 Å². The third kappa shape index (κ3) is 5.59. The van der Waals surface area contributed by atoms with Crippen LogP contribution in [0.4, 0.5) is 10.5 Å². The first kappa shape index (κ1) is 24.8. The van der Waals surface area contributed by atoms with Gasteiger partial charge in [-0.1, -0.05) is 72.3 Å². The molecule has 8 heteroatoms. The van der Waals surface area contributed by atoms with Crippen molar-refractivity contribution in [1.29, 1.82) is 0 Å². The largest absolute Gasteiger partial charge is 0.459 e. The van der Waals surface area contributed by atoms with Crippen molar-refractivity contribution in [1.82, 2.24) is 10.2 Å². The lowest BCUT2D eigenvalue weighted by atomic mass is 10.00. The zero-order valence-corrected chi connectivity index (χ0v) is 20.8. The first-order valence-corrected chi connectivity index (χ1v) is 12.3. The Hall–Kier alpha value is -4.85. The number of carbonyl (C=O) groups excluding carboxylic acids is 3. The summed E-state index contributed by atoms with van der Waals surface area (Å²) in [4.78, 5) is 40.3. The number of amides is 3. The summed E-state index contributed by atoms with van der Waals surface area (Å²) in [7, 11) is 0. The molecule has 2 heterocycles. The molecule has 5 rings (SSSR count). The number of furan rings is 1. The Kier molecular flexibility index (Phi) is 7.21. The Labute approximate surface area is 220 Å². The molecule has 0 aliphatic carbocycles. The van der Waals surface area contributed by atoms with E-state index >= 15 is 0 Å². The van der Waals surface area contributed by atoms with Crippen LogP contribution < -0.4 is 10.6 Å². The number of ether oxygens (including phenoxy) is 1. The van der Waals surface area contributed by atoms with Crippen molar-refractivity contribution in [3.8, 4) is 0 Å². The number of benzene rings is 3. The summed E-state index contributed by atoms with van der Waals surface area (Å²) >= 11 is 0. The molecule has 2 atom stereocenters. The minimum absolute atomic E-state index is 0.195. The van der Waals surface area contributed by atoms with Gasteiger partial charge in [-0.25, -0.2) is 4.79 Å². The van der Waals surface area contributed by atoms with Gasteiger partial charge in [-0.2, -0.15) is 0 Å². The van der Waals surface area contributed by atoms with E-state index in [1.165, 1.54) is 11.2 Å². The van der Waals surface area contributed by atoms with Crippen LogP contribution in [-0.4, -0.2) is 28.8 Å². The minimum atomic E-state index is -0.879. The number of aryl methyl sites for hydroxylation is 1. The quantitative estimate of drug-likeness (QED) is 0.339. The van der Waals surface area contributed by atoms with Gasteiger partial charge in [-0.15, -0.1) is 0 Å². The summed E-state index contributed by atoms with van der Waals surface area (Å²) in [6, 6.07) is 26.6. The number of nitrogens with one attached hydrogen (secondary N) is 2. The number of cyclic esters (lactones) is 1. The Bertz CT molecular complexity index is 1400. The van der Waals surface area contributed by atoms with E-state index in [0.717, 1.165) is 16.7 Å². The first-order chi connectivity index (χ1) is 18.5. The normalized spacial score (nSPS) is 16.7.